The Kier molecular flexibility index (Phi) is 6.58. The number of rotatable bonds is 7. The van der Waals surface area contributed by atoms with E-state index in [0.717, 1.165) is 22.8 Å². The summed E-state index contributed by atoms with van der Waals surface area (Å²) < 4.78 is 20.9. The van der Waals surface area contributed by atoms with Crippen LogP contribution in [0.25, 0.3) is 6.08 Å². The number of carbonyl (C=O) groups excluding carboxylic acids is 3. The second kappa shape index (κ2) is 9.74. The van der Waals surface area contributed by atoms with Crippen LogP contribution in [0.3, 0.4) is 0 Å². The van der Waals surface area contributed by atoms with Crippen LogP contribution in [0.5, 0.6) is 5.75 Å². The van der Waals surface area contributed by atoms with Crippen LogP contribution in [0.4, 0.5) is 14.9 Å². The first-order valence-electron chi connectivity index (χ1n) is 10.9. The molecule has 1 aliphatic rings. The molecule has 3 aromatic rings. The molecule has 0 bridgehead atoms. The highest BCUT2D eigenvalue weighted by atomic mass is 19.1. The van der Waals surface area contributed by atoms with Gasteiger partial charge in [-0.15, -0.1) is 0 Å². The fraction of sp³-hybridized carbons (Fsp3) is 0.192. The van der Waals surface area contributed by atoms with Gasteiger partial charge < -0.3 is 9.30 Å². The van der Waals surface area contributed by atoms with E-state index in [1.807, 2.05) is 35.0 Å². The Morgan fingerprint density at radius 1 is 1.00 bits per heavy atom. The zero-order chi connectivity index (χ0) is 24.2. The lowest BCUT2D eigenvalue weighted by Gasteiger charge is -2.26. The quantitative estimate of drug-likeness (QED) is 0.415. The van der Waals surface area contributed by atoms with Gasteiger partial charge >= 0.3 is 6.03 Å². The van der Waals surface area contributed by atoms with E-state index in [0.29, 0.717) is 24.8 Å². The van der Waals surface area contributed by atoms with Gasteiger partial charge in [-0.3, -0.25) is 14.9 Å². The minimum Gasteiger partial charge on any atom is -0.492 e. The zero-order valence-corrected chi connectivity index (χ0v) is 18.8. The van der Waals surface area contributed by atoms with E-state index in [4.69, 9.17) is 4.74 Å². The van der Waals surface area contributed by atoms with Crippen LogP contribution in [0.15, 0.2) is 72.4 Å². The summed E-state index contributed by atoms with van der Waals surface area (Å²) in [6.07, 6.45) is 3.24. The second-order valence-corrected chi connectivity index (χ2v) is 8.13. The largest absolute Gasteiger partial charge is 0.492 e. The van der Waals surface area contributed by atoms with Gasteiger partial charge in [-0.25, -0.2) is 14.1 Å². The van der Waals surface area contributed by atoms with Gasteiger partial charge in [0.2, 0.25) is 0 Å². The van der Waals surface area contributed by atoms with Crippen molar-refractivity contribution in [3.05, 3.63) is 89.5 Å². The van der Waals surface area contributed by atoms with Crippen molar-refractivity contribution >= 4 is 29.6 Å². The van der Waals surface area contributed by atoms with Crippen LogP contribution < -0.4 is 15.0 Å². The molecule has 1 fully saturated rings. The Labute approximate surface area is 196 Å². The Hall–Kier alpha value is -4.20. The molecule has 1 N–H and O–H groups in total. The normalized spacial score (nSPS) is 15.2. The van der Waals surface area contributed by atoms with Gasteiger partial charge in [0.15, 0.2) is 0 Å². The van der Waals surface area contributed by atoms with Crippen molar-refractivity contribution in [3.63, 3.8) is 0 Å². The number of anilines is 1. The van der Waals surface area contributed by atoms with Gasteiger partial charge in [0.05, 0.1) is 12.2 Å². The Balaban J connectivity index is 1.48. The predicted octanol–water partition coefficient (Wildman–Crippen LogP) is 4.50. The minimum absolute atomic E-state index is 0.162. The lowest BCUT2D eigenvalue weighted by molar-refractivity contribution is -0.122. The summed E-state index contributed by atoms with van der Waals surface area (Å²) in [7, 11) is 0. The van der Waals surface area contributed by atoms with Crippen LogP contribution in [-0.4, -0.2) is 29.0 Å². The van der Waals surface area contributed by atoms with Crippen molar-refractivity contribution in [1.82, 2.24) is 9.88 Å². The van der Waals surface area contributed by atoms with Crippen molar-refractivity contribution in [2.75, 3.05) is 11.5 Å². The fourth-order valence-electron chi connectivity index (χ4n) is 3.60. The van der Waals surface area contributed by atoms with Crippen LogP contribution in [-0.2, 0) is 16.1 Å². The van der Waals surface area contributed by atoms with Gasteiger partial charge in [-0.1, -0.05) is 26.0 Å². The van der Waals surface area contributed by atoms with Crippen molar-refractivity contribution in [2.45, 2.75) is 26.3 Å². The third kappa shape index (κ3) is 4.91. The standard InChI is InChI=1S/C26H24FN3O4/c1-17(2)18-5-11-22(12-6-18)34-15-14-29-13-3-4-21(29)16-23-24(31)28-26(33)30(25(23)32)20-9-7-19(27)8-10-20/h3-13,16-17H,14-15H2,1-2H3,(H,28,31,33)/b23-16+. The summed E-state index contributed by atoms with van der Waals surface area (Å²) in [5, 5.41) is 2.16. The number of nitrogens with zero attached hydrogens (tertiary/aromatic N) is 2. The van der Waals surface area contributed by atoms with Gasteiger partial charge in [0, 0.05) is 11.9 Å². The third-order valence-electron chi connectivity index (χ3n) is 5.49. The average molecular weight is 461 g/mol. The number of carbonyl (C=O) groups is 3. The van der Waals surface area contributed by atoms with Gasteiger partial charge in [-0.2, -0.15) is 0 Å². The highest BCUT2D eigenvalue weighted by molar-refractivity contribution is 6.39. The third-order valence-corrected chi connectivity index (χ3v) is 5.49. The number of aromatic nitrogens is 1. The summed E-state index contributed by atoms with van der Waals surface area (Å²) in [5.74, 6) is -0.876. The van der Waals surface area contributed by atoms with E-state index in [-0.39, 0.29) is 11.3 Å². The van der Waals surface area contributed by atoms with E-state index in [2.05, 4.69) is 19.2 Å². The topological polar surface area (TPSA) is 80.6 Å². The molecule has 2 heterocycles. The molecule has 0 atom stereocenters. The number of ether oxygens (including phenoxy) is 1. The molecule has 174 valence electrons. The van der Waals surface area contributed by atoms with Crippen LogP contribution >= 0.6 is 0 Å². The fourth-order valence-corrected chi connectivity index (χ4v) is 3.60. The first-order valence-corrected chi connectivity index (χ1v) is 10.9. The molecular formula is C26H24FN3O4. The predicted molar refractivity (Wildman–Crippen MR) is 126 cm³/mol. The van der Waals surface area contributed by atoms with Gasteiger partial charge in [0.1, 0.15) is 23.7 Å². The molecule has 0 radical (unpaired) electrons. The number of imide groups is 2. The number of urea groups is 1. The van der Waals surface area contributed by atoms with Crippen LogP contribution in [0.1, 0.15) is 31.0 Å². The molecule has 8 heteroatoms. The lowest BCUT2D eigenvalue weighted by Crippen LogP contribution is -2.54. The molecule has 0 spiro atoms. The molecular weight excluding hydrogens is 437 g/mol. The van der Waals surface area contributed by atoms with Crippen molar-refractivity contribution in [3.8, 4) is 5.75 Å². The van der Waals surface area contributed by atoms with Gasteiger partial charge in [-0.05, 0) is 66.1 Å². The van der Waals surface area contributed by atoms with E-state index in [9.17, 15) is 18.8 Å². The number of barbiturate groups is 1. The van der Waals surface area contributed by atoms with Crippen molar-refractivity contribution in [1.29, 1.82) is 0 Å². The lowest BCUT2D eigenvalue weighted by atomic mass is 10.0. The smallest absolute Gasteiger partial charge is 0.335 e. The molecule has 4 amide bonds. The highest BCUT2D eigenvalue weighted by Gasteiger charge is 2.37. The molecule has 0 aliphatic carbocycles. The first kappa shape index (κ1) is 23.0. The maximum atomic E-state index is 13.3. The summed E-state index contributed by atoms with van der Waals surface area (Å²) in [6.45, 7) is 5.12. The molecule has 2 aromatic carbocycles. The number of benzene rings is 2. The number of hydrogen-bond donors (Lipinski definition) is 1. The zero-order valence-electron chi connectivity index (χ0n) is 18.8. The number of nitrogens with one attached hydrogen (secondary N) is 1. The monoisotopic (exact) mass is 461 g/mol. The SMILES string of the molecule is CC(C)c1ccc(OCCn2cccc2/C=C2\C(=O)NC(=O)N(c3ccc(F)cc3)C2=O)cc1. The Morgan fingerprint density at radius 2 is 1.71 bits per heavy atom. The number of halogens is 1. The number of hydrogen-bond acceptors (Lipinski definition) is 4. The molecule has 34 heavy (non-hydrogen) atoms. The van der Waals surface area contributed by atoms with Crippen molar-refractivity contribution in [2.24, 2.45) is 0 Å². The molecule has 1 aromatic heterocycles. The summed E-state index contributed by atoms with van der Waals surface area (Å²) in [4.78, 5) is 38.5. The first-order chi connectivity index (χ1) is 16.3. The molecule has 0 unspecified atom stereocenters. The molecule has 1 aliphatic heterocycles. The number of amides is 4. The van der Waals surface area contributed by atoms with Gasteiger partial charge in [0.25, 0.3) is 11.8 Å². The van der Waals surface area contributed by atoms with E-state index in [1.165, 1.54) is 23.8 Å². The van der Waals surface area contributed by atoms with E-state index < -0.39 is 23.7 Å². The summed E-state index contributed by atoms with van der Waals surface area (Å²) >= 11 is 0. The maximum Gasteiger partial charge on any atom is 0.335 e. The molecule has 7 nitrogen and oxygen atoms in total. The maximum absolute atomic E-state index is 13.3. The summed E-state index contributed by atoms with van der Waals surface area (Å²) in [6, 6.07) is 15.5. The minimum atomic E-state index is -0.883. The van der Waals surface area contributed by atoms with E-state index in [1.54, 1.807) is 12.1 Å². The van der Waals surface area contributed by atoms with Crippen LogP contribution in [0.2, 0.25) is 0 Å². The van der Waals surface area contributed by atoms with Crippen molar-refractivity contribution < 1.29 is 23.5 Å². The Bertz CT molecular complexity index is 1240. The van der Waals surface area contributed by atoms with E-state index >= 15 is 0 Å². The molecule has 0 saturated carbocycles. The second-order valence-electron chi connectivity index (χ2n) is 8.13. The van der Waals surface area contributed by atoms with Crippen LogP contribution in [0, 0.1) is 5.82 Å². The average Bonchev–Trinajstić information content (AvgIpc) is 3.25. The Morgan fingerprint density at radius 3 is 2.38 bits per heavy atom. The molecule has 4 rings (SSSR count). The molecule has 1 saturated heterocycles. The highest BCUT2D eigenvalue weighted by Crippen LogP contribution is 2.23. The summed E-state index contributed by atoms with van der Waals surface area (Å²) in [5.41, 5.74) is 1.80.